The van der Waals surface area contributed by atoms with Gasteiger partial charge in [0.2, 0.25) is 0 Å². The topological polar surface area (TPSA) is 70.0 Å². The Balaban J connectivity index is 2.55. The van der Waals surface area contributed by atoms with Crippen LogP contribution in [0.15, 0.2) is 24.3 Å². The van der Waals surface area contributed by atoms with Crippen LogP contribution < -0.4 is 4.74 Å². The van der Waals surface area contributed by atoms with Crippen LogP contribution in [-0.2, 0) is 11.3 Å². The molecule has 0 amide bonds. The summed E-state index contributed by atoms with van der Waals surface area (Å²) in [6.45, 7) is 1.97. The first-order chi connectivity index (χ1) is 9.15. The molecule has 0 aromatic heterocycles. The van der Waals surface area contributed by atoms with Gasteiger partial charge in [0.25, 0.3) is 0 Å². The van der Waals surface area contributed by atoms with Crippen LogP contribution in [0, 0.1) is 0 Å². The molecular weight excluding hydrogens is 246 g/mol. The molecule has 0 aliphatic carbocycles. The number of benzene rings is 1. The van der Waals surface area contributed by atoms with Gasteiger partial charge in [-0.2, -0.15) is 0 Å². The van der Waals surface area contributed by atoms with E-state index in [0.717, 1.165) is 11.3 Å². The van der Waals surface area contributed by atoms with Gasteiger partial charge in [0.05, 0.1) is 13.5 Å². The summed E-state index contributed by atoms with van der Waals surface area (Å²) in [4.78, 5) is 12.7. The summed E-state index contributed by atoms with van der Waals surface area (Å²) in [6.07, 6.45) is 0.761. The summed E-state index contributed by atoms with van der Waals surface area (Å²) < 4.78 is 5.09. The molecule has 2 N–H and O–H groups in total. The molecule has 0 heterocycles. The third-order valence-corrected chi connectivity index (χ3v) is 2.84. The SMILES string of the molecule is COc1ccc(CN(CCCO)CCC(=O)O)cc1. The minimum absolute atomic E-state index is 0.113. The molecule has 0 saturated heterocycles. The summed E-state index contributed by atoms with van der Waals surface area (Å²) in [5.74, 6) is -0.0000708. The third kappa shape index (κ3) is 6.22. The molecular formula is C14H21NO4. The quantitative estimate of drug-likeness (QED) is 0.707. The lowest BCUT2D eigenvalue weighted by molar-refractivity contribution is -0.137. The number of carboxylic acid groups (broad SMARTS) is 1. The molecule has 0 unspecified atom stereocenters. The summed E-state index contributed by atoms with van der Waals surface area (Å²) in [7, 11) is 1.62. The molecule has 0 spiro atoms. The second kappa shape index (κ2) is 8.50. The largest absolute Gasteiger partial charge is 0.497 e. The Kier molecular flexibility index (Phi) is 6.92. The molecule has 0 atom stereocenters. The van der Waals surface area contributed by atoms with Crippen molar-refractivity contribution in [2.24, 2.45) is 0 Å². The van der Waals surface area contributed by atoms with Gasteiger partial charge >= 0.3 is 5.97 Å². The number of nitrogens with zero attached hydrogens (tertiary/aromatic N) is 1. The first-order valence-electron chi connectivity index (χ1n) is 6.33. The third-order valence-electron chi connectivity index (χ3n) is 2.84. The van der Waals surface area contributed by atoms with Crippen molar-refractivity contribution in [3.8, 4) is 5.75 Å². The normalized spacial score (nSPS) is 10.7. The van der Waals surface area contributed by atoms with Gasteiger partial charge in [-0.05, 0) is 24.1 Å². The highest BCUT2D eigenvalue weighted by Crippen LogP contribution is 2.13. The number of aliphatic hydroxyl groups excluding tert-OH is 1. The van der Waals surface area contributed by atoms with Crippen molar-refractivity contribution in [2.75, 3.05) is 26.8 Å². The maximum atomic E-state index is 10.6. The Labute approximate surface area is 113 Å². The van der Waals surface area contributed by atoms with Crippen LogP contribution in [0.2, 0.25) is 0 Å². The van der Waals surface area contributed by atoms with E-state index in [1.165, 1.54) is 0 Å². The Bertz CT molecular complexity index is 378. The summed E-state index contributed by atoms with van der Waals surface area (Å²) in [5, 5.41) is 17.6. The highest BCUT2D eigenvalue weighted by atomic mass is 16.5. The van der Waals surface area contributed by atoms with E-state index < -0.39 is 5.97 Å². The number of ether oxygens (including phenoxy) is 1. The fourth-order valence-corrected chi connectivity index (χ4v) is 1.81. The predicted octanol–water partition coefficient (Wildman–Crippen LogP) is 1.35. The molecule has 19 heavy (non-hydrogen) atoms. The van der Waals surface area contributed by atoms with Crippen molar-refractivity contribution in [2.45, 2.75) is 19.4 Å². The molecule has 1 aromatic carbocycles. The number of carboxylic acids is 1. The van der Waals surface area contributed by atoms with Crippen molar-refractivity contribution in [1.29, 1.82) is 0 Å². The lowest BCUT2D eigenvalue weighted by Gasteiger charge is -2.21. The Morgan fingerprint density at radius 2 is 1.95 bits per heavy atom. The number of aliphatic carboxylic acids is 1. The van der Waals surface area contributed by atoms with Crippen LogP contribution in [0.1, 0.15) is 18.4 Å². The van der Waals surface area contributed by atoms with Crippen LogP contribution >= 0.6 is 0 Å². The lowest BCUT2D eigenvalue weighted by Crippen LogP contribution is -2.27. The van der Waals surface area contributed by atoms with E-state index in [4.69, 9.17) is 14.9 Å². The average molecular weight is 267 g/mol. The number of aliphatic hydroxyl groups is 1. The zero-order chi connectivity index (χ0) is 14.1. The molecule has 5 nitrogen and oxygen atoms in total. The summed E-state index contributed by atoms with van der Waals surface area (Å²) in [6, 6.07) is 7.70. The molecule has 1 rings (SSSR count). The lowest BCUT2D eigenvalue weighted by atomic mass is 10.2. The average Bonchev–Trinajstić information content (AvgIpc) is 2.42. The molecule has 0 bridgehead atoms. The second-order valence-corrected chi connectivity index (χ2v) is 4.35. The Hall–Kier alpha value is -1.59. The van der Waals surface area contributed by atoms with E-state index in [0.29, 0.717) is 26.1 Å². The summed E-state index contributed by atoms with van der Waals surface area (Å²) in [5.41, 5.74) is 1.10. The molecule has 0 saturated carbocycles. The highest BCUT2D eigenvalue weighted by molar-refractivity contribution is 5.66. The maximum absolute atomic E-state index is 10.6. The van der Waals surface area contributed by atoms with Crippen molar-refractivity contribution < 1.29 is 19.7 Å². The van der Waals surface area contributed by atoms with Crippen molar-refractivity contribution in [1.82, 2.24) is 4.90 Å². The van der Waals surface area contributed by atoms with E-state index in [2.05, 4.69) is 0 Å². The molecule has 0 aliphatic heterocycles. The smallest absolute Gasteiger partial charge is 0.304 e. The van der Waals surface area contributed by atoms with Crippen molar-refractivity contribution in [3.63, 3.8) is 0 Å². The fourth-order valence-electron chi connectivity index (χ4n) is 1.81. The first-order valence-corrected chi connectivity index (χ1v) is 6.33. The van der Waals surface area contributed by atoms with E-state index >= 15 is 0 Å². The highest BCUT2D eigenvalue weighted by Gasteiger charge is 2.08. The van der Waals surface area contributed by atoms with Gasteiger partial charge in [-0.25, -0.2) is 0 Å². The zero-order valence-corrected chi connectivity index (χ0v) is 11.2. The van der Waals surface area contributed by atoms with Crippen LogP contribution in [0.4, 0.5) is 0 Å². The van der Waals surface area contributed by atoms with E-state index in [1.54, 1.807) is 7.11 Å². The standard InChI is InChI=1S/C14H21NO4/c1-19-13-5-3-12(4-6-13)11-15(8-2-10-16)9-7-14(17)18/h3-6,16H,2,7-11H2,1H3,(H,17,18). The monoisotopic (exact) mass is 267 g/mol. The van der Waals surface area contributed by atoms with Crippen LogP contribution in [0.5, 0.6) is 5.75 Å². The number of hydrogen-bond acceptors (Lipinski definition) is 4. The zero-order valence-electron chi connectivity index (χ0n) is 11.2. The van der Waals surface area contributed by atoms with Gasteiger partial charge in [0.1, 0.15) is 5.75 Å². The van der Waals surface area contributed by atoms with Crippen LogP contribution in [0.25, 0.3) is 0 Å². The van der Waals surface area contributed by atoms with E-state index in [9.17, 15) is 4.79 Å². The molecule has 0 fully saturated rings. The number of rotatable bonds is 9. The number of carbonyl (C=O) groups is 1. The Morgan fingerprint density at radius 1 is 1.26 bits per heavy atom. The molecule has 5 heteroatoms. The second-order valence-electron chi connectivity index (χ2n) is 4.35. The van der Waals surface area contributed by atoms with Crippen molar-refractivity contribution >= 4 is 5.97 Å². The minimum atomic E-state index is -0.802. The molecule has 106 valence electrons. The van der Waals surface area contributed by atoms with Crippen LogP contribution in [-0.4, -0.2) is 47.9 Å². The first kappa shape index (κ1) is 15.5. The van der Waals surface area contributed by atoms with Gasteiger partial charge in [-0.3, -0.25) is 9.69 Å². The number of methoxy groups -OCH3 is 1. The Morgan fingerprint density at radius 3 is 2.47 bits per heavy atom. The van der Waals surface area contributed by atoms with Gasteiger partial charge in [-0.15, -0.1) is 0 Å². The molecule has 1 aromatic rings. The van der Waals surface area contributed by atoms with Gasteiger partial charge in [-0.1, -0.05) is 12.1 Å². The van der Waals surface area contributed by atoms with E-state index in [1.807, 2.05) is 29.2 Å². The molecule has 0 radical (unpaired) electrons. The van der Waals surface area contributed by atoms with Gasteiger partial charge < -0.3 is 14.9 Å². The van der Waals surface area contributed by atoms with Crippen LogP contribution in [0.3, 0.4) is 0 Å². The maximum Gasteiger partial charge on any atom is 0.304 e. The van der Waals surface area contributed by atoms with E-state index in [-0.39, 0.29) is 13.0 Å². The number of hydrogen-bond donors (Lipinski definition) is 2. The van der Waals surface area contributed by atoms with Crippen molar-refractivity contribution in [3.05, 3.63) is 29.8 Å². The fraction of sp³-hybridized carbons (Fsp3) is 0.500. The van der Waals surface area contributed by atoms with Gasteiger partial charge in [0, 0.05) is 26.2 Å². The predicted molar refractivity (Wildman–Crippen MR) is 72.2 cm³/mol. The van der Waals surface area contributed by atoms with Gasteiger partial charge in [0.15, 0.2) is 0 Å². The minimum Gasteiger partial charge on any atom is -0.497 e. The summed E-state index contributed by atoms with van der Waals surface area (Å²) >= 11 is 0. The molecule has 0 aliphatic rings.